The number of halogens is 1. The highest BCUT2D eigenvalue weighted by Crippen LogP contribution is 2.44. The van der Waals surface area contributed by atoms with Crippen molar-refractivity contribution in [2.45, 2.75) is 24.3 Å². The summed E-state index contributed by atoms with van der Waals surface area (Å²) in [7, 11) is 1.69. The molecule has 3 aliphatic heterocycles. The topological polar surface area (TPSA) is 25.4 Å². The number of benzene rings is 1. The average molecular weight is 343 g/mol. The number of nitrogens with zero attached hydrogens (tertiary/aromatic N) is 2. The van der Waals surface area contributed by atoms with E-state index in [1.165, 1.54) is 6.42 Å². The van der Waals surface area contributed by atoms with Crippen LogP contribution in [0.4, 0.5) is 0 Å². The Hall–Kier alpha value is -1.58. The van der Waals surface area contributed by atoms with E-state index < -0.39 is 0 Å². The largest absolute Gasteiger partial charge is 0.497 e. The number of hydrogen-bond donors (Lipinski definition) is 0. The van der Waals surface area contributed by atoms with Crippen LogP contribution in [0.1, 0.15) is 23.8 Å². The van der Waals surface area contributed by atoms with Crippen LogP contribution < -0.4 is 4.74 Å². The molecule has 0 saturated carbocycles. The minimum Gasteiger partial charge on any atom is -0.497 e. The first-order chi connectivity index (χ1) is 11.7. The molecule has 0 radical (unpaired) electrons. The van der Waals surface area contributed by atoms with Gasteiger partial charge in [0.2, 0.25) is 0 Å². The molecular weight excluding hydrogens is 320 g/mol. The number of rotatable bonds is 4. The van der Waals surface area contributed by atoms with Crippen LogP contribution in [0.5, 0.6) is 5.75 Å². The third-order valence-corrected chi connectivity index (χ3v) is 6.30. The van der Waals surface area contributed by atoms with Crippen molar-refractivity contribution in [1.82, 2.24) is 9.88 Å². The minimum atomic E-state index is -0.0313. The van der Waals surface area contributed by atoms with Crippen LogP contribution in [0.2, 0.25) is 0 Å². The normalized spacial score (nSPS) is 30.2. The van der Waals surface area contributed by atoms with Crippen molar-refractivity contribution in [2.24, 2.45) is 11.8 Å². The second kappa shape index (κ2) is 6.38. The molecule has 4 heteroatoms. The van der Waals surface area contributed by atoms with Gasteiger partial charge in [0.05, 0.1) is 18.0 Å². The third kappa shape index (κ3) is 2.60. The maximum atomic E-state index is 7.01. The Morgan fingerprint density at radius 1 is 1.42 bits per heavy atom. The molecule has 0 N–H and O–H groups in total. The van der Waals surface area contributed by atoms with Crippen LogP contribution in [0.25, 0.3) is 10.9 Å². The first-order valence-corrected chi connectivity index (χ1v) is 9.08. The van der Waals surface area contributed by atoms with E-state index in [9.17, 15) is 0 Å². The van der Waals surface area contributed by atoms with Gasteiger partial charge in [0.15, 0.2) is 0 Å². The van der Waals surface area contributed by atoms with Crippen LogP contribution in [0.3, 0.4) is 0 Å². The number of alkyl halides is 1. The van der Waals surface area contributed by atoms with Gasteiger partial charge in [-0.1, -0.05) is 6.08 Å². The predicted molar refractivity (Wildman–Crippen MR) is 98.7 cm³/mol. The van der Waals surface area contributed by atoms with Crippen LogP contribution in [-0.4, -0.2) is 36.1 Å². The van der Waals surface area contributed by atoms with E-state index in [1.54, 1.807) is 7.11 Å². The summed E-state index contributed by atoms with van der Waals surface area (Å²) in [6.45, 7) is 6.25. The van der Waals surface area contributed by atoms with Gasteiger partial charge < -0.3 is 4.74 Å². The number of hydrogen-bond acceptors (Lipinski definition) is 3. The van der Waals surface area contributed by atoms with E-state index >= 15 is 0 Å². The predicted octanol–water partition coefficient (Wildman–Crippen LogP) is 4.42. The highest BCUT2D eigenvalue weighted by atomic mass is 35.5. The van der Waals surface area contributed by atoms with Crippen molar-refractivity contribution < 1.29 is 4.74 Å². The second-order valence-corrected chi connectivity index (χ2v) is 7.40. The summed E-state index contributed by atoms with van der Waals surface area (Å²) in [6, 6.07) is 8.45. The first-order valence-electron chi connectivity index (χ1n) is 8.64. The molecule has 126 valence electrons. The fourth-order valence-corrected chi connectivity index (χ4v) is 4.86. The minimum absolute atomic E-state index is 0.0313. The lowest BCUT2D eigenvalue weighted by Gasteiger charge is -2.50. The number of aromatic nitrogens is 1. The van der Waals surface area contributed by atoms with E-state index in [4.69, 9.17) is 16.3 Å². The molecule has 4 heterocycles. The van der Waals surface area contributed by atoms with Gasteiger partial charge in [-0.3, -0.25) is 9.88 Å². The lowest BCUT2D eigenvalue weighted by atomic mass is 9.74. The maximum absolute atomic E-state index is 7.01. The quantitative estimate of drug-likeness (QED) is 0.607. The third-order valence-electron chi connectivity index (χ3n) is 5.77. The molecule has 1 aromatic carbocycles. The van der Waals surface area contributed by atoms with Gasteiger partial charge in [-0.2, -0.15) is 0 Å². The Balaban J connectivity index is 1.69. The molecule has 1 aromatic heterocycles. The zero-order valence-corrected chi connectivity index (χ0v) is 14.7. The average Bonchev–Trinajstić information content (AvgIpc) is 2.66. The standard InChI is InChI=1S/C20H23ClN2O/c1-3-13-12-23-9-7-14(13)10-19(23)20(21)16-6-8-22-18-5-4-15(24-2)11-17(16)18/h3-6,8,11,13-14,19-20H,1,7,9-10,12H2,2H3/t13-,14-,19-,20+/m0/s1. The molecule has 3 fully saturated rings. The van der Waals surface area contributed by atoms with Gasteiger partial charge >= 0.3 is 0 Å². The number of fused-ring (bicyclic) bond motifs is 4. The van der Waals surface area contributed by atoms with Crippen molar-refractivity contribution in [1.29, 1.82) is 0 Å². The number of pyridine rings is 1. The zero-order chi connectivity index (χ0) is 16.7. The van der Waals surface area contributed by atoms with Crippen molar-refractivity contribution >= 4 is 22.5 Å². The van der Waals surface area contributed by atoms with Gasteiger partial charge in [-0.25, -0.2) is 0 Å². The molecule has 24 heavy (non-hydrogen) atoms. The fourth-order valence-electron chi connectivity index (χ4n) is 4.40. The van der Waals surface area contributed by atoms with E-state index in [-0.39, 0.29) is 5.38 Å². The summed E-state index contributed by atoms with van der Waals surface area (Å²) in [5, 5.41) is 1.07. The summed E-state index contributed by atoms with van der Waals surface area (Å²) >= 11 is 7.01. The molecule has 5 atom stereocenters. The molecule has 1 unspecified atom stereocenters. The highest BCUT2D eigenvalue weighted by Gasteiger charge is 2.42. The van der Waals surface area contributed by atoms with Crippen LogP contribution >= 0.6 is 11.6 Å². The Morgan fingerprint density at radius 3 is 3.00 bits per heavy atom. The summed E-state index contributed by atoms with van der Waals surface area (Å²) in [4.78, 5) is 7.03. The number of methoxy groups -OCH3 is 1. The van der Waals surface area contributed by atoms with E-state index in [2.05, 4.69) is 34.7 Å². The molecule has 3 aliphatic rings. The molecule has 0 spiro atoms. The SMILES string of the molecule is C=C[C@H]1CN2CC[C@H]1C[C@H]2[C@H](Cl)c1ccnc2ccc(OC)cc12. The smallest absolute Gasteiger partial charge is 0.119 e. The summed E-state index contributed by atoms with van der Waals surface area (Å²) in [6.07, 6.45) is 6.41. The Labute approximate surface area is 148 Å². The van der Waals surface area contributed by atoms with Crippen molar-refractivity contribution in [3.8, 4) is 5.75 Å². The van der Waals surface area contributed by atoms with Gasteiger partial charge in [0.25, 0.3) is 0 Å². The van der Waals surface area contributed by atoms with Crippen LogP contribution in [0.15, 0.2) is 43.1 Å². The highest BCUT2D eigenvalue weighted by molar-refractivity contribution is 6.22. The van der Waals surface area contributed by atoms with Crippen LogP contribution in [0, 0.1) is 11.8 Å². The Bertz CT molecular complexity index is 762. The molecule has 2 bridgehead atoms. The van der Waals surface area contributed by atoms with Crippen molar-refractivity contribution in [3.63, 3.8) is 0 Å². The molecule has 0 amide bonds. The van der Waals surface area contributed by atoms with E-state index in [0.29, 0.717) is 12.0 Å². The fraction of sp³-hybridized carbons (Fsp3) is 0.450. The molecule has 3 nitrogen and oxygen atoms in total. The van der Waals surface area contributed by atoms with Gasteiger partial charge in [0.1, 0.15) is 5.75 Å². The second-order valence-electron chi connectivity index (χ2n) is 6.93. The molecule has 2 aromatic rings. The number of ether oxygens (including phenoxy) is 1. The molecular formula is C20H23ClN2O. The van der Waals surface area contributed by atoms with Gasteiger partial charge in [-0.05, 0) is 61.1 Å². The lowest BCUT2D eigenvalue weighted by Crippen LogP contribution is -2.54. The molecule has 5 rings (SSSR count). The first kappa shape index (κ1) is 15.9. The molecule has 0 aliphatic carbocycles. The maximum Gasteiger partial charge on any atom is 0.119 e. The zero-order valence-electron chi connectivity index (χ0n) is 14.0. The van der Waals surface area contributed by atoms with Crippen molar-refractivity contribution in [2.75, 3.05) is 20.2 Å². The molecule has 3 saturated heterocycles. The lowest BCUT2D eigenvalue weighted by molar-refractivity contribution is 0.0173. The van der Waals surface area contributed by atoms with E-state index in [0.717, 1.165) is 47.6 Å². The number of piperidine rings is 3. The Kier molecular flexibility index (Phi) is 4.23. The van der Waals surface area contributed by atoms with Gasteiger partial charge in [-0.15, -0.1) is 18.2 Å². The summed E-state index contributed by atoms with van der Waals surface area (Å²) < 4.78 is 5.39. The Morgan fingerprint density at radius 2 is 2.29 bits per heavy atom. The van der Waals surface area contributed by atoms with Gasteiger partial charge in [0, 0.05) is 24.2 Å². The summed E-state index contributed by atoms with van der Waals surface area (Å²) in [5.74, 6) is 2.19. The van der Waals surface area contributed by atoms with E-state index in [1.807, 2.05) is 18.3 Å². The van der Waals surface area contributed by atoms with Crippen molar-refractivity contribution in [3.05, 3.63) is 48.7 Å². The summed E-state index contributed by atoms with van der Waals surface area (Å²) in [5.41, 5.74) is 2.13. The van der Waals surface area contributed by atoms with Crippen LogP contribution in [-0.2, 0) is 0 Å². The monoisotopic (exact) mass is 342 g/mol.